The number of benzene rings is 1. The number of nitrogens with zero attached hydrogens (tertiary/aromatic N) is 1. The van der Waals surface area contributed by atoms with Gasteiger partial charge >= 0.3 is 5.97 Å². The Morgan fingerprint density at radius 3 is 2.85 bits per heavy atom. The Bertz CT molecular complexity index is 639. The summed E-state index contributed by atoms with van der Waals surface area (Å²) in [5.74, 6) is -1.23. The van der Waals surface area contributed by atoms with Crippen LogP contribution >= 0.6 is 11.3 Å². The number of nitrogens with two attached hydrogens (primary N) is 1. The molecular formula is C13H13N3O3S. The lowest BCUT2D eigenvalue weighted by Gasteiger charge is -2.04. The molecule has 0 radical (unpaired) electrons. The molecule has 1 amide bonds. The van der Waals surface area contributed by atoms with Crippen LogP contribution in [0.1, 0.15) is 21.1 Å². The summed E-state index contributed by atoms with van der Waals surface area (Å²) >= 11 is 1.20. The molecule has 1 aromatic carbocycles. The molecule has 20 heavy (non-hydrogen) atoms. The van der Waals surface area contributed by atoms with Crippen LogP contribution in [0.3, 0.4) is 0 Å². The van der Waals surface area contributed by atoms with Crippen LogP contribution in [0.2, 0.25) is 0 Å². The van der Waals surface area contributed by atoms with E-state index in [1.807, 2.05) is 6.07 Å². The van der Waals surface area contributed by atoms with Gasteiger partial charge in [0.25, 0.3) is 0 Å². The number of carbonyl (C=O) groups excluding carboxylic acids is 1. The molecular weight excluding hydrogens is 278 g/mol. The van der Waals surface area contributed by atoms with E-state index < -0.39 is 5.97 Å². The highest BCUT2D eigenvalue weighted by atomic mass is 32.1. The van der Waals surface area contributed by atoms with Crippen LogP contribution in [0.5, 0.6) is 0 Å². The van der Waals surface area contributed by atoms with Crippen LogP contribution in [0, 0.1) is 0 Å². The topological polar surface area (TPSA) is 105 Å². The highest BCUT2D eigenvalue weighted by molar-refractivity contribution is 7.09. The van der Waals surface area contributed by atoms with Gasteiger partial charge in [-0.2, -0.15) is 0 Å². The van der Waals surface area contributed by atoms with Gasteiger partial charge in [0.15, 0.2) is 5.69 Å². The lowest BCUT2D eigenvalue weighted by Crippen LogP contribution is -2.24. The van der Waals surface area contributed by atoms with Crippen LogP contribution < -0.4 is 11.1 Å². The zero-order chi connectivity index (χ0) is 14.5. The third-order valence-corrected chi connectivity index (χ3v) is 3.37. The summed E-state index contributed by atoms with van der Waals surface area (Å²) in [6.45, 7) is 0.221. The molecule has 6 nitrogen and oxygen atoms in total. The first-order chi connectivity index (χ1) is 9.54. The molecule has 0 saturated carbocycles. The Kier molecular flexibility index (Phi) is 4.31. The second-order valence-corrected chi connectivity index (χ2v) is 5.07. The number of amides is 1. The van der Waals surface area contributed by atoms with E-state index in [0.717, 1.165) is 5.56 Å². The minimum absolute atomic E-state index is 0.00455. The number of nitrogen functional groups attached to an aromatic ring is 1. The molecule has 7 heteroatoms. The van der Waals surface area contributed by atoms with Crippen LogP contribution in [-0.2, 0) is 17.8 Å². The molecule has 0 aliphatic rings. The smallest absolute Gasteiger partial charge is 0.355 e. The SMILES string of the molecule is Nc1cccc(CC(=O)NCc2nc(C(=O)O)cs2)c1. The van der Waals surface area contributed by atoms with Crippen molar-refractivity contribution in [1.82, 2.24) is 10.3 Å². The summed E-state index contributed by atoms with van der Waals surface area (Å²) in [4.78, 5) is 26.3. The van der Waals surface area contributed by atoms with E-state index in [4.69, 9.17) is 10.8 Å². The lowest BCUT2D eigenvalue weighted by atomic mass is 10.1. The van der Waals surface area contributed by atoms with E-state index in [-0.39, 0.29) is 24.6 Å². The molecule has 0 unspecified atom stereocenters. The van der Waals surface area contributed by atoms with Gasteiger partial charge in [0.2, 0.25) is 5.91 Å². The number of rotatable bonds is 5. The maximum atomic E-state index is 11.7. The predicted octanol–water partition coefficient (Wildman–Crippen LogP) is 1.28. The number of nitrogens with one attached hydrogen (secondary N) is 1. The molecule has 0 spiro atoms. The first-order valence-corrected chi connectivity index (χ1v) is 6.71. The molecule has 0 bridgehead atoms. The zero-order valence-electron chi connectivity index (χ0n) is 10.5. The van der Waals surface area contributed by atoms with Gasteiger partial charge in [0.05, 0.1) is 13.0 Å². The number of aromatic nitrogens is 1. The lowest BCUT2D eigenvalue weighted by molar-refractivity contribution is -0.120. The third-order valence-electron chi connectivity index (χ3n) is 2.52. The summed E-state index contributed by atoms with van der Waals surface area (Å²) < 4.78 is 0. The van der Waals surface area contributed by atoms with Crippen LogP contribution in [0.4, 0.5) is 5.69 Å². The fraction of sp³-hybridized carbons (Fsp3) is 0.154. The van der Waals surface area contributed by atoms with Crippen LogP contribution in [-0.4, -0.2) is 22.0 Å². The van der Waals surface area contributed by atoms with Crippen molar-refractivity contribution < 1.29 is 14.7 Å². The number of carboxylic acids is 1. The Labute approximate surface area is 119 Å². The van der Waals surface area contributed by atoms with E-state index in [1.165, 1.54) is 16.7 Å². The second-order valence-electron chi connectivity index (χ2n) is 4.13. The molecule has 0 aliphatic heterocycles. The molecule has 1 aromatic heterocycles. The maximum absolute atomic E-state index is 11.7. The highest BCUT2D eigenvalue weighted by Crippen LogP contribution is 2.10. The first kappa shape index (κ1) is 14.0. The molecule has 0 fully saturated rings. The van der Waals surface area contributed by atoms with E-state index in [2.05, 4.69) is 10.3 Å². The van der Waals surface area contributed by atoms with Crippen molar-refractivity contribution in [3.63, 3.8) is 0 Å². The number of aromatic carboxylic acids is 1. The molecule has 2 rings (SSSR count). The summed E-state index contributed by atoms with van der Waals surface area (Å²) in [6, 6.07) is 7.11. The van der Waals surface area contributed by atoms with E-state index >= 15 is 0 Å². The number of thiazole rings is 1. The van der Waals surface area contributed by atoms with Gasteiger partial charge in [-0.25, -0.2) is 9.78 Å². The molecule has 104 valence electrons. The predicted molar refractivity (Wildman–Crippen MR) is 75.5 cm³/mol. The number of carboxylic acid groups (broad SMARTS) is 1. The Balaban J connectivity index is 1.87. The third kappa shape index (κ3) is 3.79. The molecule has 0 saturated heterocycles. The van der Waals surface area contributed by atoms with Gasteiger partial charge in [-0.1, -0.05) is 12.1 Å². The monoisotopic (exact) mass is 291 g/mol. The van der Waals surface area contributed by atoms with Crippen LogP contribution in [0.15, 0.2) is 29.6 Å². The summed E-state index contributed by atoms with van der Waals surface area (Å²) in [7, 11) is 0. The van der Waals surface area contributed by atoms with Crippen molar-refractivity contribution in [2.45, 2.75) is 13.0 Å². The van der Waals surface area contributed by atoms with Gasteiger partial charge in [0.1, 0.15) is 5.01 Å². The average molecular weight is 291 g/mol. The quantitative estimate of drug-likeness (QED) is 0.720. The fourth-order valence-electron chi connectivity index (χ4n) is 1.62. The molecule has 0 atom stereocenters. The van der Waals surface area contributed by atoms with Crippen molar-refractivity contribution in [2.24, 2.45) is 0 Å². The summed E-state index contributed by atoms with van der Waals surface area (Å²) in [5.41, 5.74) is 7.07. The minimum Gasteiger partial charge on any atom is -0.476 e. The molecule has 1 heterocycles. The molecule has 2 aromatic rings. The largest absolute Gasteiger partial charge is 0.476 e. The first-order valence-electron chi connectivity index (χ1n) is 5.83. The second kappa shape index (κ2) is 6.16. The Morgan fingerprint density at radius 1 is 1.40 bits per heavy atom. The Hall–Kier alpha value is -2.41. The zero-order valence-corrected chi connectivity index (χ0v) is 11.3. The number of anilines is 1. The minimum atomic E-state index is -1.07. The van der Waals surface area contributed by atoms with Gasteiger partial charge < -0.3 is 16.2 Å². The van der Waals surface area contributed by atoms with E-state index in [9.17, 15) is 9.59 Å². The van der Waals surface area contributed by atoms with Gasteiger partial charge in [-0.3, -0.25) is 4.79 Å². The van der Waals surface area contributed by atoms with Crippen molar-refractivity contribution in [3.05, 3.63) is 45.9 Å². The fourth-order valence-corrected chi connectivity index (χ4v) is 2.32. The summed E-state index contributed by atoms with van der Waals surface area (Å²) in [6.07, 6.45) is 0.224. The highest BCUT2D eigenvalue weighted by Gasteiger charge is 2.09. The van der Waals surface area contributed by atoms with Crippen molar-refractivity contribution in [3.8, 4) is 0 Å². The van der Waals surface area contributed by atoms with Crippen molar-refractivity contribution in [1.29, 1.82) is 0 Å². The normalized spacial score (nSPS) is 10.2. The number of carbonyl (C=O) groups is 2. The van der Waals surface area contributed by atoms with Gasteiger partial charge in [-0.15, -0.1) is 11.3 Å². The maximum Gasteiger partial charge on any atom is 0.355 e. The van der Waals surface area contributed by atoms with Gasteiger partial charge in [-0.05, 0) is 17.7 Å². The number of hydrogen-bond acceptors (Lipinski definition) is 5. The van der Waals surface area contributed by atoms with Crippen LogP contribution in [0.25, 0.3) is 0 Å². The van der Waals surface area contributed by atoms with E-state index in [0.29, 0.717) is 10.7 Å². The van der Waals surface area contributed by atoms with E-state index in [1.54, 1.807) is 18.2 Å². The Morgan fingerprint density at radius 2 is 2.20 bits per heavy atom. The van der Waals surface area contributed by atoms with Crippen molar-refractivity contribution in [2.75, 3.05) is 5.73 Å². The summed E-state index contributed by atoms with van der Waals surface area (Å²) in [5, 5.41) is 13.4. The molecule has 4 N–H and O–H groups in total. The van der Waals surface area contributed by atoms with Gasteiger partial charge in [0, 0.05) is 11.1 Å². The standard InChI is InChI=1S/C13H13N3O3S/c14-9-3-1-2-8(4-9)5-11(17)15-6-12-16-10(7-20-12)13(18)19/h1-4,7H,5-6,14H2,(H,15,17)(H,18,19). The number of hydrogen-bond donors (Lipinski definition) is 3. The average Bonchev–Trinajstić information content (AvgIpc) is 2.85. The molecule has 0 aliphatic carbocycles. The van der Waals surface area contributed by atoms with Crippen molar-refractivity contribution >= 4 is 28.9 Å².